The molecule has 8 heteroatoms. The van der Waals surface area contributed by atoms with Crippen molar-refractivity contribution in [3.05, 3.63) is 35.4 Å². The third-order valence-corrected chi connectivity index (χ3v) is 3.50. The molecule has 0 aliphatic carbocycles. The number of carbonyl (C=O) groups excluding carboxylic acids is 3. The van der Waals surface area contributed by atoms with Crippen molar-refractivity contribution in [1.29, 1.82) is 0 Å². The summed E-state index contributed by atoms with van der Waals surface area (Å²) in [6.45, 7) is 6.83. The molecule has 1 aromatic carbocycles. The fourth-order valence-corrected chi connectivity index (χ4v) is 1.90. The average Bonchev–Trinajstić information content (AvgIpc) is 2.55. The van der Waals surface area contributed by atoms with Gasteiger partial charge in [0.25, 0.3) is 0 Å². The Hall–Kier alpha value is -2.54. The van der Waals surface area contributed by atoms with Gasteiger partial charge in [-0.05, 0) is 25.5 Å². The van der Waals surface area contributed by atoms with Crippen molar-refractivity contribution in [2.24, 2.45) is 0 Å². The lowest BCUT2D eigenvalue weighted by Gasteiger charge is -2.16. The summed E-state index contributed by atoms with van der Waals surface area (Å²) >= 11 is 6.01. The van der Waals surface area contributed by atoms with E-state index in [1.54, 1.807) is 19.1 Å². The second-order valence-electron chi connectivity index (χ2n) is 4.98. The minimum absolute atomic E-state index is 0.161. The fourth-order valence-electron chi connectivity index (χ4n) is 1.74. The number of rotatable bonds is 6. The molecule has 0 saturated heterocycles. The summed E-state index contributed by atoms with van der Waals surface area (Å²) in [5.41, 5.74) is 1.18. The van der Waals surface area contributed by atoms with Crippen LogP contribution in [0.1, 0.15) is 12.5 Å². The van der Waals surface area contributed by atoms with Gasteiger partial charge in [0.2, 0.25) is 5.91 Å². The number of hydrogen-bond acceptors (Lipinski definition) is 4. The van der Waals surface area contributed by atoms with Gasteiger partial charge in [-0.3, -0.25) is 14.4 Å². The Kier molecular flexibility index (Phi) is 7.26. The number of benzene rings is 1. The fraction of sp³-hybridized carbons (Fsp3) is 0.312. The summed E-state index contributed by atoms with van der Waals surface area (Å²) in [5, 5.41) is 7.77. The van der Waals surface area contributed by atoms with E-state index in [9.17, 15) is 14.4 Å². The molecule has 3 amide bonds. The van der Waals surface area contributed by atoms with Gasteiger partial charge in [0.1, 0.15) is 11.8 Å². The Morgan fingerprint density at radius 2 is 2.00 bits per heavy atom. The van der Waals surface area contributed by atoms with Gasteiger partial charge in [-0.15, -0.1) is 6.58 Å². The van der Waals surface area contributed by atoms with Crippen molar-refractivity contribution in [2.45, 2.75) is 19.9 Å². The number of aryl methyl sites for hydroxylation is 1. The molecule has 24 heavy (non-hydrogen) atoms. The maximum absolute atomic E-state index is 12.2. The van der Waals surface area contributed by atoms with Gasteiger partial charge in [-0.1, -0.05) is 17.7 Å². The molecular formula is C16H20ClN3O4. The van der Waals surface area contributed by atoms with Crippen LogP contribution in [0.4, 0.5) is 5.69 Å². The first-order valence-electron chi connectivity index (χ1n) is 7.14. The molecule has 0 saturated carbocycles. The molecule has 0 aromatic heterocycles. The summed E-state index contributed by atoms with van der Waals surface area (Å²) in [6.07, 6.45) is 1.44. The van der Waals surface area contributed by atoms with Crippen LogP contribution in [0.5, 0.6) is 5.75 Å². The summed E-state index contributed by atoms with van der Waals surface area (Å²) in [6, 6.07) is 2.32. The first-order chi connectivity index (χ1) is 11.3. The molecule has 130 valence electrons. The van der Waals surface area contributed by atoms with Gasteiger partial charge in [0, 0.05) is 17.6 Å². The molecule has 0 heterocycles. The normalized spacial score (nSPS) is 11.2. The number of carbonyl (C=O) groups is 3. The van der Waals surface area contributed by atoms with E-state index in [0.29, 0.717) is 16.5 Å². The highest BCUT2D eigenvalue weighted by Crippen LogP contribution is 2.30. The molecule has 0 unspecified atom stereocenters. The second kappa shape index (κ2) is 8.93. The molecule has 1 aromatic rings. The average molecular weight is 354 g/mol. The van der Waals surface area contributed by atoms with Crippen molar-refractivity contribution < 1.29 is 19.1 Å². The van der Waals surface area contributed by atoms with Gasteiger partial charge >= 0.3 is 11.8 Å². The van der Waals surface area contributed by atoms with Crippen LogP contribution in [0.25, 0.3) is 0 Å². The summed E-state index contributed by atoms with van der Waals surface area (Å²) < 4.78 is 5.17. The molecular weight excluding hydrogens is 334 g/mol. The molecule has 0 bridgehead atoms. The summed E-state index contributed by atoms with van der Waals surface area (Å²) in [7, 11) is 1.45. The molecule has 3 N–H and O–H groups in total. The number of ether oxygens (including phenoxy) is 1. The Morgan fingerprint density at radius 1 is 1.33 bits per heavy atom. The summed E-state index contributed by atoms with van der Waals surface area (Å²) in [4.78, 5) is 35.3. The Balaban J connectivity index is 2.74. The lowest BCUT2D eigenvalue weighted by Crippen LogP contribution is -2.48. The van der Waals surface area contributed by atoms with Gasteiger partial charge in [0.05, 0.1) is 12.8 Å². The highest BCUT2D eigenvalue weighted by Gasteiger charge is 2.21. The largest absolute Gasteiger partial charge is 0.495 e. The molecule has 0 aliphatic heterocycles. The Labute approximate surface area is 145 Å². The van der Waals surface area contributed by atoms with Crippen LogP contribution in [-0.2, 0) is 14.4 Å². The predicted octanol–water partition coefficient (Wildman–Crippen LogP) is 1.40. The Morgan fingerprint density at radius 3 is 2.58 bits per heavy atom. The van der Waals surface area contributed by atoms with Gasteiger partial charge < -0.3 is 20.7 Å². The van der Waals surface area contributed by atoms with Crippen LogP contribution in [0.15, 0.2) is 24.8 Å². The first kappa shape index (κ1) is 19.5. The molecule has 0 spiro atoms. The van der Waals surface area contributed by atoms with Crippen LogP contribution in [0.2, 0.25) is 5.02 Å². The number of anilines is 1. The van der Waals surface area contributed by atoms with E-state index in [1.165, 1.54) is 20.1 Å². The molecule has 0 aliphatic rings. The highest BCUT2D eigenvalue weighted by molar-refractivity contribution is 6.35. The minimum Gasteiger partial charge on any atom is -0.495 e. The third-order valence-electron chi connectivity index (χ3n) is 3.09. The van der Waals surface area contributed by atoms with E-state index < -0.39 is 23.8 Å². The molecule has 0 radical (unpaired) electrons. The number of hydrogen-bond donors (Lipinski definition) is 3. The van der Waals surface area contributed by atoms with E-state index in [0.717, 1.165) is 5.56 Å². The zero-order chi connectivity index (χ0) is 18.3. The third kappa shape index (κ3) is 5.27. The van der Waals surface area contributed by atoms with Crippen LogP contribution >= 0.6 is 11.6 Å². The molecule has 1 rings (SSSR count). The van der Waals surface area contributed by atoms with Crippen LogP contribution in [0.3, 0.4) is 0 Å². The predicted molar refractivity (Wildman–Crippen MR) is 92.2 cm³/mol. The van der Waals surface area contributed by atoms with E-state index in [4.69, 9.17) is 16.3 Å². The van der Waals surface area contributed by atoms with Crippen molar-refractivity contribution in [2.75, 3.05) is 19.0 Å². The van der Waals surface area contributed by atoms with Crippen molar-refractivity contribution in [3.8, 4) is 5.75 Å². The zero-order valence-electron chi connectivity index (χ0n) is 13.7. The monoisotopic (exact) mass is 353 g/mol. The van der Waals surface area contributed by atoms with E-state index in [-0.39, 0.29) is 6.54 Å². The lowest BCUT2D eigenvalue weighted by molar-refractivity contribution is -0.140. The number of methoxy groups -OCH3 is 1. The van der Waals surface area contributed by atoms with Gasteiger partial charge in [-0.25, -0.2) is 0 Å². The number of nitrogens with one attached hydrogen (secondary N) is 3. The topological polar surface area (TPSA) is 96.5 Å². The van der Waals surface area contributed by atoms with Crippen LogP contribution in [0, 0.1) is 6.92 Å². The van der Waals surface area contributed by atoms with Gasteiger partial charge in [0.15, 0.2) is 0 Å². The maximum Gasteiger partial charge on any atom is 0.309 e. The van der Waals surface area contributed by atoms with Gasteiger partial charge in [-0.2, -0.15) is 0 Å². The van der Waals surface area contributed by atoms with E-state index >= 15 is 0 Å². The smallest absolute Gasteiger partial charge is 0.309 e. The zero-order valence-corrected chi connectivity index (χ0v) is 14.5. The SMILES string of the molecule is C=CCNC(=O)C(=O)N[C@H](C)C(=O)Nc1cc(C)c(Cl)cc1OC. The van der Waals surface area contributed by atoms with E-state index in [1.807, 2.05) is 0 Å². The maximum atomic E-state index is 12.2. The molecule has 1 atom stereocenters. The number of halogens is 1. The highest BCUT2D eigenvalue weighted by atomic mass is 35.5. The minimum atomic E-state index is -0.923. The van der Waals surface area contributed by atoms with Crippen LogP contribution < -0.4 is 20.7 Å². The van der Waals surface area contributed by atoms with Crippen molar-refractivity contribution in [3.63, 3.8) is 0 Å². The second-order valence-corrected chi connectivity index (χ2v) is 5.39. The van der Waals surface area contributed by atoms with Crippen molar-refractivity contribution in [1.82, 2.24) is 10.6 Å². The van der Waals surface area contributed by atoms with Crippen molar-refractivity contribution >= 4 is 35.0 Å². The number of amides is 3. The first-order valence-corrected chi connectivity index (χ1v) is 7.52. The van der Waals surface area contributed by atoms with E-state index in [2.05, 4.69) is 22.5 Å². The Bertz CT molecular complexity index is 661. The standard InChI is InChI=1S/C16H20ClN3O4/c1-5-6-18-15(22)16(23)19-10(3)14(21)20-12-7-9(2)11(17)8-13(12)24-4/h5,7-8,10H,1,6H2,2-4H3,(H,18,22)(H,19,23)(H,20,21)/t10-/m1/s1. The quantitative estimate of drug-likeness (QED) is 0.532. The summed E-state index contributed by atoms with van der Waals surface area (Å²) in [5.74, 6) is -1.85. The molecule has 0 fully saturated rings. The molecule has 7 nitrogen and oxygen atoms in total. The van der Waals surface area contributed by atoms with Crippen LogP contribution in [-0.4, -0.2) is 37.4 Å². The lowest BCUT2D eigenvalue weighted by atomic mass is 10.2.